The van der Waals surface area contributed by atoms with Crippen molar-refractivity contribution in [3.8, 4) is 0 Å². The molecule has 0 saturated carbocycles. The average Bonchev–Trinajstić information content (AvgIpc) is 2.73. The molecule has 3 nitrogen and oxygen atoms in total. The number of hydrogen-bond acceptors (Lipinski definition) is 3. The predicted molar refractivity (Wildman–Crippen MR) is 68.6 cm³/mol. The summed E-state index contributed by atoms with van der Waals surface area (Å²) in [4.78, 5) is 2.54. The molecule has 1 unspecified atom stereocenters. The fraction of sp³-hybridized carbons (Fsp3) is 0.571. The van der Waals surface area contributed by atoms with Gasteiger partial charge in [-0.25, -0.2) is 0 Å². The topological polar surface area (TPSA) is 38.5 Å². The summed E-state index contributed by atoms with van der Waals surface area (Å²) >= 11 is 0. The molecule has 17 heavy (non-hydrogen) atoms. The highest BCUT2D eigenvalue weighted by atomic mass is 16.5. The van der Waals surface area contributed by atoms with Crippen molar-refractivity contribution in [2.24, 2.45) is 0 Å². The van der Waals surface area contributed by atoms with E-state index in [9.17, 15) is 0 Å². The highest BCUT2D eigenvalue weighted by Crippen LogP contribution is 2.34. The second-order valence-corrected chi connectivity index (χ2v) is 5.54. The lowest BCUT2D eigenvalue weighted by Gasteiger charge is -2.41. The smallest absolute Gasteiger partial charge is 0.0647 e. The number of benzene rings is 1. The Hall–Kier alpha value is -1.06. The van der Waals surface area contributed by atoms with Crippen LogP contribution >= 0.6 is 0 Å². The lowest BCUT2D eigenvalue weighted by atomic mass is 9.93. The summed E-state index contributed by atoms with van der Waals surface area (Å²) < 4.78 is 5.65. The van der Waals surface area contributed by atoms with E-state index in [-0.39, 0.29) is 5.54 Å². The molecule has 3 rings (SSSR count). The molecule has 1 aromatic rings. The second-order valence-electron chi connectivity index (χ2n) is 5.54. The van der Waals surface area contributed by atoms with Gasteiger partial charge >= 0.3 is 0 Å². The van der Waals surface area contributed by atoms with E-state index in [1.54, 1.807) is 0 Å². The van der Waals surface area contributed by atoms with E-state index in [2.05, 4.69) is 24.0 Å². The van der Waals surface area contributed by atoms with Gasteiger partial charge in [-0.2, -0.15) is 0 Å². The first-order valence-electron chi connectivity index (χ1n) is 6.37. The van der Waals surface area contributed by atoms with Gasteiger partial charge in [0.2, 0.25) is 0 Å². The molecular formula is C14H20N2O. The Kier molecular flexibility index (Phi) is 2.60. The van der Waals surface area contributed by atoms with Crippen molar-refractivity contribution in [2.75, 3.05) is 18.9 Å². The summed E-state index contributed by atoms with van der Waals surface area (Å²) in [5.41, 5.74) is 9.72. The fourth-order valence-electron chi connectivity index (χ4n) is 2.96. The number of hydrogen-bond donors (Lipinski definition) is 1. The molecule has 1 saturated heterocycles. The summed E-state index contributed by atoms with van der Waals surface area (Å²) in [5.74, 6) is 0. The van der Waals surface area contributed by atoms with Gasteiger partial charge in [-0.15, -0.1) is 0 Å². The van der Waals surface area contributed by atoms with Gasteiger partial charge in [-0.1, -0.05) is 6.07 Å². The molecule has 0 radical (unpaired) electrons. The molecule has 3 heteroatoms. The van der Waals surface area contributed by atoms with Gasteiger partial charge in [-0.3, -0.25) is 4.90 Å². The first kappa shape index (κ1) is 11.1. The van der Waals surface area contributed by atoms with E-state index < -0.39 is 0 Å². The quantitative estimate of drug-likeness (QED) is 0.754. The van der Waals surface area contributed by atoms with Crippen molar-refractivity contribution >= 4 is 5.69 Å². The van der Waals surface area contributed by atoms with E-state index in [0.29, 0.717) is 0 Å². The molecule has 1 atom stereocenters. The summed E-state index contributed by atoms with van der Waals surface area (Å²) in [6, 6.07) is 6.28. The molecule has 92 valence electrons. The Morgan fingerprint density at radius 2 is 2.12 bits per heavy atom. The lowest BCUT2D eigenvalue weighted by molar-refractivity contribution is -0.0423. The summed E-state index contributed by atoms with van der Waals surface area (Å²) in [6.07, 6.45) is 2.40. The average molecular weight is 232 g/mol. The van der Waals surface area contributed by atoms with Crippen LogP contribution in [0.15, 0.2) is 18.2 Å². The van der Waals surface area contributed by atoms with Crippen LogP contribution in [0.1, 0.15) is 30.9 Å². The standard InChI is InChI=1S/C14H20N2O/c1-14(5-2-6-17-10-14)16-8-11-3-4-13(15)7-12(11)9-16/h3-4,7H,2,5-6,8-10,15H2,1H3. The van der Waals surface area contributed by atoms with E-state index in [4.69, 9.17) is 10.5 Å². The Balaban J connectivity index is 1.81. The van der Waals surface area contributed by atoms with Crippen LogP contribution < -0.4 is 5.73 Å². The van der Waals surface area contributed by atoms with Crippen LogP contribution in [0, 0.1) is 0 Å². The van der Waals surface area contributed by atoms with Crippen molar-refractivity contribution in [2.45, 2.75) is 38.4 Å². The third-order valence-electron chi connectivity index (χ3n) is 4.13. The number of ether oxygens (including phenoxy) is 1. The molecular weight excluding hydrogens is 212 g/mol. The molecule has 2 heterocycles. The largest absolute Gasteiger partial charge is 0.399 e. The minimum Gasteiger partial charge on any atom is -0.399 e. The van der Waals surface area contributed by atoms with Crippen LogP contribution in [-0.4, -0.2) is 23.7 Å². The maximum Gasteiger partial charge on any atom is 0.0647 e. The Bertz CT molecular complexity index is 424. The van der Waals surface area contributed by atoms with Gasteiger partial charge in [-0.05, 0) is 43.0 Å². The molecule has 0 amide bonds. The summed E-state index contributed by atoms with van der Waals surface area (Å²) in [5, 5.41) is 0. The first-order chi connectivity index (χ1) is 8.17. The number of fused-ring (bicyclic) bond motifs is 1. The Morgan fingerprint density at radius 1 is 1.29 bits per heavy atom. The van der Waals surface area contributed by atoms with Crippen molar-refractivity contribution in [1.29, 1.82) is 0 Å². The molecule has 0 spiro atoms. The molecule has 2 aliphatic rings. The third kappa shape index (κ3) is 1.94. The molecule has 1 fully saturated rings. The van der Waals surface area contributed by atoms with E-state index in [0.717, 1.165) is 32.0 Å². The third-order valence-corrected chi connectivity index (χ3v) is 4.13. The van der Waals surface area contributed by atoms with Crippen molar-refractivity contribution < 1.29 is 4.74 Å². The number of nitrogens with zero attached hydrogens (tertiary/aromatic N) is 1. The highest BCUT2D eigenvalue weighted by Gasteiger charge is 2.37. The van der Waals surface area contributed by atoms with Crippen LogP contribution in [0.4, 0.5) is 5.69 Å². The number of nitrogens with two attached hydrogens (primary N) is 1. The van der Waals surface area contributed by atoms with Gasteiger partial charge in [0.1, 0.15) is 0 Å². The van der Waals surface area contributed by atoms with E-state index in [1.807, 2.05) is 6.07 Å². The van der Waals surface area contributed by atoms with Crippen LogP contribution in [0.25, 0.3) is 0 Å². The zero-order valence-electron chi connectivity index (χ0n) is 10.4. The van der Waals surface area contributed by atoms with Crippen LogP contribution in [0.5, 0.6) is 0 Å². The van der Waals surface area contributed by atoms with E-state index >= 15 is 0 Å². The second kappa shape index (κ2) is 4.00. The summed E-state index contributed by atoms with van der Waals surface area (Å²) in [7, 11) is 0. The maximum atomic E-state index is 5.84. The number of rotatable bonds is 1. The van der Waals surface area contributed by atoms with Gasteiger partial charge in [0.15, 0.2) is 0 Å². The highest BCUT2D eigenvalue weighted by molar-refractivity contribution is 5.46. The van der Waals surface area contributed by atoms with Crippen molar-refractivity contribution in [3.05, 3.63) is 29.3 Å². The van der Waals surface area contributed by atoms with Gasteiger partial charge in [0.05, 0.1) is 6.61 Å². The Labute approximate surface area is 103 Å². The van der Waals surface area contributed by atoms with Gasteiger partial charge in [0, 0.05) is 30.9 Å². The zero-order chi connectivity index (χ0) is 11.9. The molecule has 2 N–H and O–H groups in total. The Morgan fingerprint density at radius 3 is 2.88 bits per heavy atom. The monoisotopic (exact) mass is 232 g/mol. The number of nitrogen functional groups attached to an aromatic ring is 1. The number of anilines is 1. The zero-order valence-corrected chi connectivity index (χ0v) is 10.4. The van der Waals surface area contributed by atoms with E-state index in [1.165, 1.54) is 24.0 Å². The van der Waals surface area contributed by atoms with Gasteiger partial charge < -0.3 is 10.5 Å². The predicted octanol–water partition coefficient (Wildman–Crippen LogP) is 2.15. The van der Waals surface area contributed by atoms with Crippen LogP contribution in [0.3, 0.4) is 0 Å². The minimum atomic E-state index is 0.200. The molecule has 2 aliphatic heterocycles. The fourth-order valence-corrected chi connectivity index (χ4v) is 2.96. The first-order valence-corrected chi connectivity index (χ1v) is 6.37. The molecule has 0 bridgehead atoms. The lowest BCUT2D eigenvalue weighted by Crippen LogP contribution is -2.49. The normalized spacial score (nSPS) is 29.2. The van der Waals surface area contributed by atoms with Crippen LogP contribution in [0.2, 0.25) is 0 Å². The van der Waals surface area contributed by atoms with Gasteiger partial charge in [0.25, 0.3) is 0 Å². The van der Waals surface area contributed by atoms with Crippen LogP contribution in [-0.2, 0) is 17.8 Å². The summed E-state index contributed by atoms with van der Waals surface area (Å²) in [6.45, 7) is 6.15. The molecule has 0 aromatic heterocycles. The molecule has 0 aliphatic carbocycles. The molecule has 1 aromatic carbocycles. The minimum absolute atomic E-state index is 0.200. The van der Waals surface area contributed by atoms with Crippen molar-refractivity contribution in [3.63, 3.8) is 0 Å². The maximum absolute atomic E-state index is 5.84. The van der Waals surface area contributed by atoms with Crippen molar-refractivity contribution in [1.82, 2.24) is 4.90 Å². The SMILES string of the molecule is CC1(N2Cc3ccc(N)cc3C2)CCCOC1.